The number of guanidine groups is 1. The van der Waals surface area contributed by atoms with Crippen LogP contribution >= 0.6 is 0 Å². The number of pyridine rings is 1. The first kappa shape index (κ1) is 18.0. The third-order valence-corrected chi connectivity index (χ3v) is 3.65. The summed E-state index contributed by atoms with van der Waals surface area (Å²) in [5, 5.41) is 11.2. The molecule has 24 heavy (non-hydrogen) atoms. The molecule has 0 saturated heterocycles. The minimum atomic E-state index is -4.53. The van der Waals surface area contributed by atoms with Crippen LogP contribution in [0.15, 0.2) is 23.3 Å². The minimum absolute atomic E-state index is 0.0847. The van der Waals surface area contributed by atoms with E-state index in [2.05, 4.69) is 15.3 Å². The predicted octanol–water partition coefficient (Wildman–Crippen LogP) is 1.33. The fraction of sp³-hybridized carbons (Fsp3) is 0.500. The Morgan fingerprint density at radius 3 is 2.71 bits per heavy atom. The fourth-order valence-corrected chi connectivity index (χ4v) is 2.35. The zero-order valence-corrected chi connectivity index (χ0v) is 13.1. The number of halogens is 3. The summed E-state index contributed by atoms with van der Waals surface area (Å²) in [6, 6.07) is 2.18. The second-order valence-electron chi connectivity index (χ2n) is 5.05. The van der Waals surface area contributed by atoms with Gasteiger partial charge in [-0.25, -0.2) is 4.99 Å². The Bertz CT molecular complexity index is 653. The molecule has 0 bridgehead atoms. The molecule has 0 radical (unpaired) electrons. The lowest BCUT2D eigenvalue weighted by Crippen LogP contribution is -2.56. The number of rotatable bonds is 4. The summed E-state index contributed by atoms with van der Waals surface area (Å²) in [6.45, 7) is -0.0199. The van der Waals surface area contributed by atoms with Gasteiger partial charge in [0.05, 0.1) is 30.9 Å². The summed E-state index contributed by atoms with van der Waals surface area (Å²) in [5.74, 6) is -0.964. The summed E-state index contributed by atoms with van der Waals surface area (Å²) in [6.07, 6.45) is -1.53. The number of alkyl halides is 3. The van der Waals surface area contributed by atoms with E-state index in [1.165, 1.54) is 31.4 Å². The van der Waals surface area contributed by atoms with Crippen molar-refractivity contribution in [3.05, 3.63) is 29.6 Å². The Kier molecular flexibility index (Phi) is 5.26. The van der Waals surface area contributed by atoms with Gasteiger partial charge in [0.15, 0.2) is 6.19 Å². The lowest BCUT2D eigenvalue weighted by molar-refractivity contribution is -0.208. The predicted molar refractivity (Wildman–Crippen MR) is 77.4 cm³/mol. The van der Waals surface area contributed by atoms with Crippen molar-refractivity contribution in [2.24, 2.45) is 4.99 Å². The van der Waals surface area contributed by atoms with E-state index >= 15 is 0 Å². The van der Waals surface area contributed by atoms with E-state index in [0.717, 1.165) is 6.07 Å². The quantitative estimate of drug-likeness (QED) is 0.505. The molecule has 0 saturated carbocycles. The Balaban J connectivity index is 2.34. The van der Waals surface area contributed by atoms with Crippen LogP contribution in [-0.4, -0.2) is 48.9 Å². The molecule has 0 fully saturated rings. The smallest absolute Gasteiger partial charge is 0.350 e. The van der Waals surface area contributed by atoms with Crippen molar-refractivity contribution in [1.29, 1.82) is 5.26 Å². The third kappa shape index (κ3) is 3.74. The highest BCUT2D eigenvalue weighted by Crippen LogP contribution is 2.32. The molecule has 1 N–H and O–H groups in total. The van der Waals surface area contributed by atoms with E-state index < -0.39 is 17.5 Å². The summed E-state index contributed by atoms with van der Waals surface area (Å²) < 4.78 is 50.0. The van der Waals surface area contributed by atoms with Crippen molar-refractivity contribution < 1.29 is 22.6 Å². The molecule has 0 amide bonds. The summed E-state index contributed by atoms with van der Waals surface area (Å²) >= 11 is 0. The maximum atomic E-state index is 13.1. The Morgan fingerprint density at radius 2 is 2.12 bits per heavy atom. The maximum absolute atomic E-state index is 13.1. The van der Waals surface area contributed by atoms with Crippen molar-refractivity contribution in [2.75, 3.05) is 27.3 Å². The van der Waals surface area contributed by atoms with Gasteiger partial charge in [0.1, 0.15) is 0 Å². The number of aromatic nitrogens is 1. The van der Waals surface area contributed by atoms with Gasteiger partial charge in [-0.3, -0.25) is 10.3 Å². The van der Waals surface area contributed by atoms with E-state index in [0.29, 0.717) is 0 Å². The third-order valence-electron chi connectivity index (χ3n) is 3.65. The van der Waals surface area contributed by atoms with Gasteiger partial charge in [-0.2, -0.15) is 18.4 Å². The summed E-state index contributed by atoms with van der Waals surface area (Å²) in [5.41, 5.74) is -1.02. The number of methoxy groups -OCH3 is 2. The first-order valence-electron chi connectivity index (χ1n) is 6.91. The average molecular weight is 343 g/mol. The van der Waals surface area contributed by atoms with Crippen LogP contribution in [0.5, 0.6) is 0 Å². The van der Waals surface area contributed by atoms with Gasteiger partial charge in [-0.05, 0) is 12.1 Å². The first-order chi connectivity index (χ1) is 11.3. The number of nitrogens with zero attached hydrogens (tertiary/aromatic N) is 4. The maximum Gasteiger partial charge on any atom is 0.418 e. The Morgan fingerprint density at radius 1 is 1.42 bits per heavy atom. The second kappa shape index (κ2) is 7.02. The number of nitriles is 1. The summed E-state index contributed by atoms with van der Waals surface area (Å²) in [4.78, 5) is 9.39. The van der Waals surface area contributed by atoms with Crippen molar-refractivity contribution in [3.63, 3.8) is 0 Å². The molecule has 1 aliphatic rings. The van der Waals surface area contributed by atoms with Crippen LogP contribution in [0.1, 0.15) is 11.3 Å². The van der Waals surface area contributed by atoms with Crippen LogP contribution in [-0.2, 0) is 22.2 Å². The lowest BCUT2D eigenvalue weighted by Gasteiger charge is -2.39. The van der Waals surface area contributed by atoms with Gasteiger partial charge < -0.3 is 14.4 Å². The number of hydrogen-bond acceptors (Lipinski definition) is 7. The average Bonchev–Trinajstić information content (AvgIpc) is 2.56. The SMILES string of the molecule is COC1(OC)CN=C(NC#N)N(Cc2ncccc2C(F)(F)F)C1. The molecule has 1 aliphatic heterocycles. The highest BCUT2D eigenvalue weighted by atomic mass is 19.4. The fourth-order valence-electron chi connectivity index (χ4n) is 2.35. The molecular formula is C14H16F3N5O2. The number of ether oxygens (including phenoxy) is 2. The molecule has 7 nitrogen and oxygen atoms in total. The van der Waals surface area contributed by atoms with E-state index in [1.807, 2.05) is 0 Å². The lowest BCUT2D eigenvalue weighted by atomic mass is 10.1. The van der Waals surface area contributed by atoms with E-state index in [1.54, 1.807) is 6.19 Å². The van der Waals surface area contributed by atoms with Gasteiger partial charge in [0.25, 0.3) is 0 Å². The molecule has 1 aromatic heterocycles. The molecule has 1 aromatic rings. The van der Waals surface area contributed by atoms with Crippen molar-refractivity contribution >= 4 is 5.96 Å². The molecule has 0 atom stereocenters. The number of hydrogen-bond donors (Lipinski definition) is 1. The molecule has 0 aromatic carbocycles. The molecular weight excluding hydrogens is 327 g/mol. The van der Waals surface area contributed by atoms with Gasteiger partial charge >= 0.3 is 6.18 Å². The highest BCUT2D eigenvalue weighted by molar-refractivity contribution is 5.82. The first-order valence-corrected chi connectivity index (χ1v) is 6.91. The topological polar surface area (TPSA) is 82.8 Å². The molecule has 2 heterocycles. The van der Waals surface area contributed by atoms with Gasteiger partial charge in [-0.1, -0.05) is 0 Å². The normalized spacial score (nSPS) is 17.2. The monoisotopic (exact) mass is 343 g/mol. The molecule has 0 spiro atoms. The van der Waals surface area contributed by atoms with E-state index in [4.69, 9.17) is 14.7 Å². The van der Waals surface area contributed by atoms with E-state index in [9.17, 15) is 13.2 Å². The second-order valence-corrected chi connectivity index (χ2v) is 5.05. The van der Waals surface area contributed by atoms with Crippen LogP contribution in [0.25, 0.3) is 0 Å². The van der Waals surface area contributed by atoms with Gasteiger partial charge in [0, 0.05) is 20.4 Å². The van der Waals surface area contributed by atoms with Crippen molar-refractivity contribution in [3.8, 4) is 6.19 Å². The van der Waals surface area contributed by atoms with Crippen LogP contribution in [0.2, 0.25) is 0 Å². The van der Waals surface area contributed by atoms with Crippen LogP contribution in [0.4, 0.5) is 13.2 Å². The van der Waals surface area contributed by atoms with Crippen LogP contribution < -0.4 is 5.32 Å². The van der Waals surface area contributed by atoms with E-state index in [-0.39, 0.29) is 31.3 Å². The zero-order valence-electron chi connectivity index (χ0n) is 13.1. The number of aliphatic imine (C=N–C) groups is 1. The van der Waals surface area contributed by atoms with Crippen molar-refractivity contribution in [1.82, 2.24) is 15.2 Å². The molecule has 10 heteroatoms. The molecule has 0 aliphatic carbocycles. The standard InChI is InChI=1S/C14H16F3N5O2/c1-23-13(24-2)7-20-12(21-9-18)22(8-13)6-11-10(14(15,16)17)4-3-5-19-11/h3-5H,6-8H2,1-2H3,(H,20,21). The van der Waals surface area contributed by atoms with Crippen LogP contribution in [0, 0.1) is 11.5 Å². The van der Waals surface area contributed by atoms with Gasteiger partial charge in [-0.15, -0.1) is 0 Å². The molecule has 2 rings (SSSR count). The molecule has 0 unspecified atom stereocenters. The zero-order chi connectivity index (χ0) is 17.8. The van der Waals surface area contributed by atoms with Crippen LogP contribution in [0.3, 0.4) is 0 Å². The van der Waals surface area contributed by atoms with Crippen molar-refractivity contribution in [2.45, 2.75) is 18.5 Å². The largest absolute Gasteiger partial charge is 0.418 e. The molecule has 130 valence electrons. The Labute approximate surface area is 136 Å². The minimum Gasteiger partial charge on any atom is -0.350 e. The summed E-state index contributed by atoms with van der Waals surface area (Å²) in [7, 11) is 2.84. The highest BCUT2D eigenvalue weighted by Gasteiger charge is 2.39. The van der Waals surface area contributed by atoms with Gasteiger partial charge in [0.2, 0.25) is 11.7 Å². The number of nitrogens with one attached hydrogen (secondary N) is 1. The Hall–Kier alpha value is -2.38.